The number of unbranched alkanes of at least 4 members (excludes halogenated alkanes) is 2. The van der Waals surface area contributed by atoms with E-state index in [1.807, 2.05) is 42.1 Å². The van der Waals surface area contributed by atoms with Crippen molar-refractivity contribution in [2.75, 3.05) is 6.54 Å². The largest absolute Gasteiger partial charge is 0.489 e. The first-order valence-electron chi connectivity index (χ1n) is 14.6. The van der Waals surface area contributed by atoms with Crippen LogP contribution in [0.5, 0.6) is 5.75 Å². The summed E-state index contributed by atoms with van der Waals surface area (Å²) in [5.74, 6) is 0.0290. The van der Waals surface area contributed by atoms with Crippen LogP contribution in [-0.2, 0) is 21.0 Å². The van der Waals surface area contributed by atoms with Gasteiger partial charge in [0.1, 0.15) is 12.4 Å². The van der Waals surface area contributed by atoms with Crippen LogP contribution in [0.25, 0.3) is 0 Å². The molecule has 1 aromatic heterocycles. The normalized spacial score (nSPS) is 29.0. The summed E-state index contributed by atoms with van der Waals surface area (Å²) in [6, 6.07) is 18.5. The van der Waals surface area contributed by atoms with Crippen molar-refractivity contribution in [3.8, 4) is 5.75 Å². The van der Waals surface area contributed by atoms with Gasteiger partial charge in [0.25, 0.3) is 0 Å². The van der Waals surface area contributed by atoms with Crippen molar-refractivity contribution in [2.24, 2.45) is 29.6 Å². The number of nitrogens with one attached hydrogen (secondary N) is 1. The van der Waals surface area contributed by atoms with Gasteiger partial charge in [0.2, 0.25) is 11.8 Å². The average Bonchev–Trinajstić information content (AvgIpc) is 3.72. The molecule has 0 spiro atoms. The van der Waals surface area contributed by atoms with E-state index in [9.17, 15) is 14.4 Å². The lowest BCUT2D eigenvalue weighted by Gasteiger charge is -2.43. The van der Waals surface area contributed by atoms with E-state index < -0.39 is 5.97 Å². The van der Waals surface area contributed by atoms with Crippen molar-refractivity contribution in [1.29, 1.82) is 0 Å². The molecule has 3 aromatic rings. The molecule has 1 saturated heterocycles. The minimum absolute atomic E-state index is 0.0216. The van der Waals surface area contributed by atoms with Crippen molar-refractivity contribution in [3.05, 3.63) is 74.6 Å². The fourth-order valence-corrected chi connectivity index (χ4v) is 11.3. The minimum atomic E-state index is -0.814. The minimum Gasteiger partial charge on any atom is -0.489 e. The summed E-state index contributed by atoms with van der Waals surface area (Å²) in [5.41, 5.74) is 2.27. The maximum absolute atomic E-state index is 13.8. The van der Waals surface area contributed by atoms with Crippen molar-refractivity contribution in [3.63, 3.8) is 0 Å². The molecule has 7 unspecified atom stereocenters. The van der Waals surface area contributed by atoms with E-state index in [0.717, 1.165) is 26.7 Å². The monoisotopic (exact) mass is 620 g/mol. The Morgan fingerprint density at radius 2 is 1.81 bits per heavy atom. The van der Waals surface area contributed by atoms with Gasteiger partial charge in [-0.3, -0.25) is 19.3 Å². The van der Waals surface area contributed by atoms with Gasteiger partial charge in [0, 0.05) is 29.0 Å². The lowest BCUT2D eigenvalue weighted by molar-refractivity contribution is -0.141. The van der Waals surface area contributed by atoms with Crippen LogP contribution >= 0.6 is 35.3 Å². The van der Waals surface area contributed by atoms with Crippen molar-refractivity contribution >= 4 is 53.1 Å². The Kier molecular flexibility index (Phi) is 7.48. The summed E-state index contributed by atoms with van der Waals surface area (Å²) >= 11 is 9.04. The molecule has 218 valence electrons. The molecule has 4 aliphatic rings. The Labute approximate surface area is 257 Å². The van der Waals surface area contributed by atoms with Crippen LogP contribution in [0.15, 0.2) is 59.6 Å². The van der Waals surface area contributed by atoms with E-state index in [1.165, 1.54) is 15.3 Å². The van der Waals surface area contributed by atoms with Gasteiger partial charge in [0.05, 0.1) is 16.9 Å². The number of aliphatic carboxylic acids is 1. The second-order valence-electron chi connectivity index (χ2n) is 11.8. The zero-order valence-corrected chi connectivity index (χ0v) is 25.4. The summed E-state index contributed by atoms with van der Waals surface area (Å²) in [6.45, 7) is 0.874. The Hall–Kier alpha value is -2.95. The number of hydrogen-bond donors (Lipinski definition) is 2. The third-order valence-electron chi connectivity index (χ3n) is 9.55. The van der Waals surface area contributed by atoms with Crippen LogP contribution in [0.1, 0.15) is 54.0 Å². The molecule has 2 N–H and O–H groups in total. The highest BCUT2D eigenvalue weighted by Crippen LogP contribution is 2.68. The van der Waals surface area contributed by atoms with E-state index in [2.05, 4.69) is 29.2 Å². The summed E-state index contributed by atoms with van der Waals surface area (Å²) < 4.78 is 6.96. The highest BCUT2D eigenvalue weighted by molar-refractivity contribution is 8.00. The van der Waals surface area contributed by atoms with E-state index in [-0.39, 0.29) is 59.0 Å². The molecule has 7 atom stereocenters. The fraction of sp³-hybridized carbons (Fsp3) is 0.438. The van der Waals surface area contributed by atoms with Gasteiger partial charge in [-0.2, -0.15) is 0 Å². The predicted molar refractivity (Wildman–Crippen MR) is 163 cm³/mol. The number of carbonyl (C=O) groups is 3. The maximum atomic E-state index is 13.8. The molecular weight excluding hydrogens is 589 g/mol. The molecule has 3 heterocycles. The summed E-state index contributed by atoms with van der Waals surface area (Å²) in [6.07, 6.45) is 2.91. The van der Waals surface area contributed by atoms with Crippen LogP contribution in [0, 0.1) is 33.5 Å². The molecule has 42 heavy (non-hydrogen) atoms. The van der Waals surface area contributed by atoms with Crippen molar-refractivity contribution in [2.45, 2.75) is 54.9 Å². The number of amides is 2. The molecule has 2 aromatic carbocycles. The van der Waals surface area contributed by atoms with Crippen LogP contribution in [0.3, 0.4) is 0 Å². The van der Waals surface area contributed by atoms with Gasteiger partial charge in [-0.15, -0.1) is 23.1 Å². The van der Waals surface area contributed by atoms with E-state index in [1.54, 1.807) is 11.3 Å². The van der Waals surface area contributed by atoms with E-state index >= 15 is 0 Å². The van der Waals surface area contributed by atoms with Crippen molar-refractivity contribution in [1.82, 2.24) is 9.88 Å². The number of aromatic amines is 1. The van der Waals surface area contributed by atoms with E-state index in [4.69, 9.17) is 22.1 Å². The van der Waals surface area contributed by atoms with Gasteiger partial charge in [-0.25, -0.2) is 0 Å². The Bertz CT molecular complexity index is 1590. The SMILES string of the molecule is O=C(O)CCCCCN1C(=O)C2C3CC(C2C1=O)C1C(c2cccc(OCc4ccccc4)c2)c2sc(=S)[nH]c2SC31. The third-order valence-corrected chi connectivity index (χ3v) is 12.5. The summed E-state index contributed by atoms with van der Waals surface area (Å²) in [5, 5.41) is 10.2. The number of aromatic nitrogens is 1. The zero-order chi connectivity index (χ0) is 29.0. The number of rotatable bonds is 10. The molecule has 3 fully saturated rings. The van der Waals surface area contributed by atoms with Gasteiger partial charge >= 0.3 is 5.97 Å². The number of benzene rings is 2. The molecule has 7 nitrogen and oxygen atoms in total. The molecule has 10 heteroatoms. The number of ether oxygens (including phenoxy) is 1. The highest BCUT2D eigenvalue weighted by Gasteiger charge is 2.69. The Balaban J connectivity index is 1.15. The topological polar surface area (TPSA) is 99.7 Å². The second-order valence-corrected chi connectivity index (χ2v) is 14.7. The summed E-state index contributed by atoms with van der Waals surface area (Å²) in [4.78, 5) is 44.4. The van der Waals surface area contributed by atoms with Crippen LogP contribution in [0.2, 0.25) is 0 Å². The van der Waals surface area contributed by atoms with E-state index in [0.29, 0.717) is 32.4 Å². The number of thiazole rings is 1. The number of carboxylic acids is 1. The number of imide groups is 1. The Morgan fingerprint density at radius 3 is 2.60 bits per heavy atom. The standard InChI is InChI=1S/C32H32N2O5S3/c35-22(36)12-5-2-6-13-34-30(37)25-20-15-21(26(25)31(34)38)27-24(20)23(28-29(41-27)33-32(40)42-28)18-10-7-11-19(14-18)39-16-17-8-3-1-4-9-17/h1,3-4,7-11,14,20-21,23-27H,2,5-6,12-13,15-16H2,(H,33,40)(H,35,36). The molecule has 0 radical (unpaired) electrons. The molecule has 2 aliphatic carbocycles. The number of thioether (sulfide) groups is 1. The van der Waals surface area contributed by atoms with Crippen LogP contribution < -0.4 is 4.74 Å². The van der Waals surface area contributed by atoms with Crippen molar-refractivity contribution < 1.29 is 24.2 Å². The smallest absolute Gasteiger partial charge is 0.303 e. The second kappa shape index (κ2) is 11.3. The average molecular weight is 621 g/mol. The Morgan fingerprint density at radius 1 is 1.02 bits per heavy atom. The number of carboxylic acid groups (broad SMARTS) is 1. The number of H-pyrrole nitrogens is 1. The van der Waals surface area contributed by atoms with Gasteiger partial charge in [-0.05, 0) is 72.5 Å². The lowest BCUT2D eigenvalue weighted by Crippen LogP contribution is -2.42. The third kappa shape index (κ3) is 4.81. The first-order valence-corrected chi connectivity index (χ1v) is 16.7. The predicted octanol–water partition coefficient (Wildman–Crippen LogP) is 6.50. The van der Waals surface area contributed by atoms with Crippen LogP contribution in [0.4, 0.5) is 0 Å². The fourth-order valence-electron chi connectivity index (χ4n) is 7.93. The quantitative estimate of drug-likeness (QED) is 0.152. The lowest BCUT2D eigenvalue weighted by atomic mass is 9.68. The first-order chi connectivity index (χ1) is 20.4. The molecule has 7 rings (SSSR count). The highest BCUT2D eigenvalue weighted by atomic mass is 32.2. The zero-order valence-electron chi connectivity index (χ0n) is 22.9. The first kappa shape index (κ1) is 27.9. The maximum Gasteiger partial charge on any atom is 0.303 e. The molecule has 2 bridgehead atoms. The number of fused-ring (bicyclic) bond motifs is 9. The molecule has 2 amide bonds. The summed E-state index contributed by atoms with van der Waals surface area (Å²) in [7, 11) is 0. The van der Waals surface area contributed by atoms with Gasteiger partial charge in [-0.1, -0.05) is 48.9 Å². The number of hydrogen-bond acceptors (Lipinski definition) is 7. The number of likely N-dealkylation sites (tertiary alicyclic amines) is 1. The van der Waals surface area contributed by atoms with Gasteiger partial charge < -0.3 is 14.8 Å². The van der Waals surface area contributed by atoms with Crippen LogP contribution in [-0.4, -0.2) is 44.6 Å². The van der Waals surface area contributed by atoms with Gasteiger partial charge in [0.15, 0.2) is 3.95 Å². The number of carbonyl (C=O) groups excluding carboxylic acids is 2. The molecule has 2 saturated carbocycles. The molecule has 2 aliphatic heterocycles. The number of nitrogens with zero attached hydrogens (tertiary/aromatic N) is 1. The molecular formula is C32H32N2O5S3.